The molecule has 5 aliphatic rings. The third kappa shape index (κ3) is 4.37. The number of hydrazone groups is 1. The Hall–Kier alpha value is -1.46. The van der Waals surface area contributed by atoms with Crippen molar-refractivity contribution >= 4 is 11.4 Å². The number of fused-ring (bicyclic) bond motifs is 5. The first kappa shape index (κ1) is 29.6. The van der Waals surface area contributed by atoms with E-state index in [0.29, 0.717) is 23.7 Å². The van der Waals surface area contributed by atoms with Crippen LogP contribution in [0.5, 0.6) is 0 Å². The third-order valence-electron chi connectivity index (χ3n) is 14.1. The third-order valence-corrected chi connectivity index (χ3v) is 14.1. The number of nitrogens with zero attached hydrogens (tertiary/aromatic N) is 1. The Kier molecular flexibility index (Phi) is 6.87. The molecule has 5 fully saturated rings. The van der Waals surface area contributed by atoms with Crippen LogP contribution in [0.25, 0.3) is 0 Å². The van der Waals surface area contributed by atoms with Gasteiger partial charge in [0.2, 0.25) is 0 Å². The minimum atomic E-state index is -0.273. The molecule has 4 aliphatic carbocycles. The molecule has 0 aromatic heterocycles. The fraction of sp³-hybridized carbons (Fsp3) is 0.806. The lowest BCUT2D eigenvalue weighted by Crippen LogP contribution is -2.66. The summed E-state index contributed by atoms with van der Waals surface area (Å²) < 4.78 is 20.3. The minimum absolute atomic E-state index is 0.0444. The maximum absolute atomic E-state index is 13.4. The van der Waals surface area contributed by atoms with Crippen LogP contribution in [0.15, 0.2) is 29.4 Å². The van der Waals surface area contributed by atoms with Crippen LogP contribution in [0.1, 0.15) is 120 Å². The summed E-state index contributed by atoms with van der Waals surface area (Å²) in [7, 11) is 0. The van der Waals surface area contributed by atoms with Gasteiger partial charge in [0.15, 0.2) is 0 Å². The SMILES string of the molecule is CC1(C)CCC[C@](C)([C@H]2CC[C@]3(C)[C@@H]2[C@H](O)C[C@@H]2[C@@]4(C)CC/C(=N\Nc5ccc(F)cc5)C(C)(C)[C@@H]4CC[C@]23C)O1. The molecule has 4 saturated carbocycles. The Bertz CT molecular complexity index is 1190. The van der Waals surface area contributed by atoms with Gasteiger partial charge in [-0.15, -0.1) is 0 Å². The predicted molar refractivity (Wildman–Crippen MR) is 165 cm³/mol. The van der Waals surface area contributed by atoms with E-state index in [1.54, 1.807) is 12.1 Å². The molecule has 1 saturated heterocycles. The second-order valence-corrected chi connectivity index (χ2v) is 16.9. The largest absolute Gasteiger partial charge is 0.393 e. The topological polar surface area (TPSA) is 53.9 Å². The Labute approximate surface area is 248 Å². The fourth-order valence-electron chi connectivity index (χ4n) is 12.0. The Morgan fingerprint density at radius 1 is 0.854 bits per heavy atom. The quantitative estimate of drug-likeness (QED) is 0.359. The van der Waals surface area contributed by atoms with Gasteiger partial charge in [0.1, 0.15) is 5.82 Å². The summed E-state index contributed by atoms with van der Waals surface area (Å²) in [5, 5.41) is 17.1. The van der Waals surface area contributed by atoms with Crippen molar-refractivity contribution in [2.75, 3.05) is 5.43 Å². The van der Waals surface area contributed by atoms with Crippen molar-refractivity contribution in [3.8, 4) is 0 Å². The molecule has 1 aromatic carbocycles. The van der Waals surface area contributed by atoms with Crippen molar-refractivity contribution in [2.24, 2.45) is 50.4 Å². The fourth-order valence-corrected chi connectivity index (χ4v) is 12.0. The Morgan fingerprint density at radius 3 is 2.22 bits per heavy atom. The van der Waals surface area contributed by atoms with E-state index in [0.717, 1.165) is 37.8 Å². The zero-order valence-electron chi connectivity index (χ0n) is 26.9. The zero-order valence-corrected chi connectivity index (χ0v) is 26.9. The van der Waals surface area contributed by atoms with Crippen LogP contribution in [-0.4, -0.2) is 28.1 Å². The highest BCUT2D eigenvalue weighted by Crippen LogP contribution is 2.76. The van der Waals surface area contributed by atoms with Gasteiger partial charge in [-0.2, -0.15) is 5.10 Å². The molecule has 5 heteroatoms. The average molecular weight is 567 g/mol. The van der Waals surface area contributed by atoms with Crippen molar-refractivity contribution in [1.29, 1.82) is 0 Å². The first-order valence-electron chi connectivity index (χ1n) is 16.5. The standard InChI is InChI=1S/C36H55FN2O2/c1-31(2)17-9-18-36(8,41-31)25-14-20-35(7)30(25)26(40)22-28-33(5)19-16-29(39-38-24-12-10-23(37)11-13-24)32(3,4)27(33)15-21-34(28,35)6/h10-13,25-28,30,38,40H,9,14-22H2,1-8H3/b39-29+/t25-,26+,27-,28+,30-,33-,34+,35+,36+/m0/s1. The van der Waals surface area contributed by atoms with Crippen LogP contribution in [0.4, 0.5) is 10.1 Å². The summed E-state index contributed by atoms with van der Waals surface area (Å²) in [6.07, 6.45) is 11.0. The van der Waals surface area contributed by atoms with E-state index in [2.05, 4.69) is 60.8 Å². The van der Waals surface area contributed by atoms with Gasteiger partial charge in [-0.3, -0.25) is 5.43 Å². The molecule has 0 radical (unpaired) electrons. The van der Waals surface area contributed by atoms with Crippen LogP contribution >= 0.6 is 0 Å². The molecule has 9 atom stereocenters. The smallest absolute Gasteiger partial charge is 0.123 e. The molecule has 0 unspecified atom stereocenters. The van der Waals surface area contributed by atoms with E-state index in [1.807, 2.05) is 0 Å². The summed E-state index contributed by atoms with van der Waals surface area (Å²) in [6.45, 7) is 19.4. The Morgan fingerprint density at radius 2 is 1.54 bits per heavy atom. The van der Waals surface area contributed by atoms with Gasteiger partial charge < -0.3 is 9.84 Å². The molecular weight excluding hydrogens is 511 g/mol. The highest BCUT2D eigenvalue weighted by atomic mass is 19.1. The number of halogens is 1. The van der Waals surface area contributed by atoms with Crippen LogP contribution in [0, 0.1) is 51.1 Å². The first-order valence-corrected chi connectivity index (χ1v) is 16.5. The van der Waals surface area contributed by atoms with Crippen LogP contribution in [0.2, 0.25) is 0 Å². The molecule has 41 heavy (non-hydrogen) atoms. The van der Waals surface area contributed by atoms with Crippen molar-refractivity contribution in [3.05, 3.63) is 30.1 Å². The molecule has 2 N–H and O–H groups in total. The van der Waals surface area contributed by atoms with Gasteiger partial charge >= 0.3 is 0 Å². The van der Waals surface area contributed by atoms with Gasteiger partial charge in [-0.05, 0) is 149 Å². The monoisotopic (exact) mass is 566 g/mol. The lowest BCUT2D eigenvalue weighted by molar-refractivity contribution is -0.244. The van der Waals surface area contributed by atoms with Gasteiger partial charge in [-0.25, -0.2) is 4.39 Å². The van der Waals surface area contributed by atoms with Crippen LogP contribution in [-0.2, 0) is 4.74 Å². The minimum Gasteiger partial charge on any atom is -0.393 e. The average Bonchev–Trinajstić information content (AvgIpc) is 3.26. The van der Waals surface area contributed by atoms with Crippen molar-refractivity contribution in [3.63, 3.8) is 0 Å². The van der Waals surface area contributed by atoms with Crippen molar-refractivity contribution in [2.45, 2.75) is 137 Å². The molecule has 1 aromatic rings. The number of aliphatic hydroxyl groups excluding tert-OH is 1. The number of aliphatic hydroxyl groups is 1. The summed E-state index contributed by atoms with van der Waals surface area (Å²) in [6, 6.07) is 6.46. The number of hydrogen-bond acceptors (Lipinski definition) is 4. The van der Waals surface area contributed by atoms with Gasteiger partial charge in [0, 0.05) is 11.1 Å². The van der Waals surface area contributed by atoms with Gasteiger partial charge in [0.25, 0.3) is 0 Å². The second kappa shape index (κ2) is 9.52. The Balaban J connectivity index is 1.28. The summed E-state index contributed by atoms with van der Waals surface area (Å²) in [5.41, 5.74) is 5.47. The van der Waals surface area contributed by atoms with E-state index in [1.165, 1.54) is 49.9 Å². The van der Waals surface area contributed by atoms with E-state index in [-0.39, 0.29) is 44.8 Å². The van der Waals surface area contributed by atoms with Gasteiger partial charge in [-0.1, -0.05) is 34.6 Å². The number of anilines is 1. The summed E-state index contributed by atoms with van der Waals surface area (Å²) in [4.78, 5) is 0. The van der Waals surface area contributed by atoms with Crippen LogP contribution in [0.3, 0.4) is 0 Å². The maximum atomic E-state index is 13.4. The number of rotatable bonds is 3. The number of benzene rings is 1. The van der Waals surface area contributed by atoms with Crippen molar-refractivity contribution in [1.82, 2.24) is 0 Å². The molecule has 0 amide bonds. The molecule has 1 aliphatic heterocycles. The van der Waals surface area contributed by atoms with E-state index >= 15 is 0 Å². The maximum Gasteiger partial charge on any atom is 0.123 e. The summed E-state index contributed by atoms with van der Waals surface area (Å²) >= 11 is 0. The zero-order chi connectivity index (χ0) is 29.6. The van der Waals surface area contributed by atoms with E-state index in [9.17, 15) is 9.50 Å². The normalized spacial score (nSPS) is 47.8. The van der Waals surface area contributed by atoms with E-state index < -0.39 is 0 Å². The number of hydrogen-bond donors (Lipinski definition) is 2. The van der Waals surface area contributed by atoms with Gasteiger partial charge in [0.05, 0.1) is 23.0 Å². The first-order chi connectivity index (χ1) is 19.1. The summed E-state index contributed by atoms with van der Waals surface area (Å²) in [5.74, 6) is 1.50. The molecule has 6 rings (SSSR count). The number of nitrogens with one attached hydrogen (secondary N) is 1. The second-order valence-electron chi connectivity index (χ2n) is 16.9. The highest BCUT2D eigenvalue weighted by Gasteiger charge is 2.71. The molecule has 0 bridgehead atoms. The lowest BCUT2D eigenvalue weighted by atomic mass is 9.35. The number of ether oxygens (including phenoxy) is 1. The molecule has 4 nitrogen and oxygen atoms in total. The van der Waals surface area contributed by atoms with E-state index in [4.69, 9.17) is 9.84 Å². The van der Waals surface area contributed by atoms with Crippen LogP contribution < -0.4 is 5.43 Å². The highest BCUT2D eigenvalue weighted by molar-refractivity contribution is 5.91. The molecule has 0 spiro atoms. The molecule has 228 valence electrons. The lowest BCUT2D eigenvalue weighted by Gasteiger charge is -2.70. The predicted octanol–water partition coefficient (Wildman–Crippen LogP) is 8.99. The van der Waals surface area contributed by atoms with Crippen molar-refractivity contribution < 1.29 is 14.2 Å². The molecule has 1 heterocycles. The molecular formula is C36H55FN2O2.